The maximum atomic E-state index is 13.0. The van der Waals surface area contributed by atoms with E-state index in [0.717, 1.165) is 19.2 Å². The predicted octanol–water partition coefficient (Wildman–Crippen LogP) is 3.23. The van der Waals surface area contributed by atoms with Crippen molar-refractivity contribution in [2.75, 3.05) is 29.2 Å². The molecule has 35 heavy (non-hydrogen) atoms. The Hall–Kier alpha value is -5.06. The molecule has 1 aliphatic rings. The second-order valence-corrected chi connectivity index (χ2v) is 7.51. The van der Waals surface area contributed by atoms with E-state index in [4.69, 9.17) is 0 Å². The number of fused-ring (bicyclic) bond motifs is 1. The van der Waals surface area contributed by atoms with Crippen LogP contribution in [-0.4, -0.2) is 42.3 Å². The Morgan fingerprint density at radius 2 is 1.69 bits per heavy atom. The fourth-order valence-corrected chi connectivity index (χ4v) is 3.55. The van der Waals surface area contributed by atoms with Gasteiger partial charge in [-0.15, -0.1) is 0 Å². The number of ether oxygens (including phenoxy) is 1. The number of rotatable bonds is 5. The predicted molar refractivity (Wildman–Crippen MR) is 126 cm³/mol. The third-order valence-corrected chi connectivity index (χ3v) is 5.22. The van der Waals surface area contributed by atoms with E-state index in [1.807, 2.05) is 0 Å². The van der Waals surface area contributed by atoms with Crippen LogP contribution in [-0.2, 0) is 9.53 Å². The maximum absolute atomic E-state index is 13.0. The van der Waals surface area contributed by atoms with Crippen molar-refractivity contribution in [1.29, 1.82) is 0 Å². The molecule has 0 radical (unpaired) electrons. The molecule has 0 aliphatic carbocycles. The fraction of sp³-hybridized carbons (Fsp3) is 0.0833. The van der Waals surface area contributed by atoms with Gasteiger partial charge in [0.2, 0.25) is 5.91 Å². The number of benzene rings is 3. The van der Waals surface area contributed by atoms with Crippen molar-refractivity contribution < 1.29 is 28.8 Å². The molecule has 4 rings (SSSR count). The second-order valence-electron chi connectivity index (χ2n) is 7.51. The zero-order chi connectivity index (χ0) is 25.1. The van der Waals surface area contributed by atoms with Crippen molar-refractivity contribution in [2.45, 2.75) is 0 Å². The molecule has 11 heteroatoms. The molecule has 2 N–H and O–H groups in total. The van der Waals surface area contributed by atoms with E-state index in [1.165, 1.54) is 35.2 Å². The lowest BCUT2D eigenvalue weighted by atomic mass is 10.1. The van der Waals surface area contributed by atoms with Crippen molar-refractivity contribution in [3.05, 3.63) is 93.5 Å². The number of nitro benzene ring substituents is 1. The third-order valence-electron chi connectivity index (χ3n) is 5.22. The first-order valence-electron chi connectivity index (χ1n) is 10.3. The summed E-state index contributed by atoms with van der Waals surface area (Å²) in [6.45, 7) is -0.135. The van der Waals surface area contributed by atoms with Crippen LogP contribution in [0.4, 0.5) is 22.7 Å². The summed E-state index contributed by atoms with van der Waals surface area (Å²) in [5.74, 6) is -2.23. The highest BCUT2D eigenvalue weighted by Gasteiger charge is 2.27. The van der Waals surface area contributed by atoms with Gasteiger partial charge in [0.15, 0.2) is 0 Å². The van der Waals surface area contributed by atoms with Crippen molar-refractivity contribution in [3.8, 4) is 0 Å². The first kappa shape index (κ1) is 23.1. The third kappa shape index (κ3) is 4.83. The SMILES string of the molecule is COC(=O)c1cc(C(=O)Nc2ccc(C(=O)N3CC(=O)Nc4ccccc43)cc2)cc([N+](=O)[O-])c1. The number of methoxy groups -OCH3 is 1. The summed E-state index contributed by atoms with van der Waals surface area (Å²) in [5.41, 5.74) is 1.01. The van der Waals surface area contributed by atoms with Gasteiger partial charge >= 0.3 is 5.97 Å². The van der Waals surface area contributed by atoms with Crippen LogP contribution in [0.5, 0.6) is 0 Å². The molecule has 0 unspecified atom stereocenters. The summed E-state index contributed by atoms with van der Waals surface area (Å²) in [7, 11) is 1.12. The van der Waals surface area contributed by atoms with Gasteiger partial charge in [-0.2, -0.15) is 0 Å². The molecule has 0 atom stereocenters. The Balaban J connectivity index is 1.53. The Bertz CT molecular complexity index is 1370. The average molecular weight is 474 g/mol. The summed E-state index contributed by atoms with van der Waals surface area (Å²) in [6, 6.07) is 16.1. The molecule has 1 heterocycles. The summed E-state index contributed by atoms with van der Waals surface area (Å²) in [6.07, 6.45) is 0. The molecule has 0 fully saturated rings. The Morgan fingerprint density at radius 1 is 1.00 bits per heavy atom. The van der Waals surface area contributed by atoms with E-state index in [0.29, 0.717) is 17.1 Å². The molecule has 3 aromatic rings. The van der Waals surface area contributed by atoms with Crippen LogP contribution in [0.2, 0.25) is 0 Å². The number of para-hydroxylation sites is 2. The Morgan fingerprint density at radius 3 is 2.37 bits per heavy atom. The highest BCUT2D eigenvalue weighted by molar-refractivity contribution is 6.15. The van der Waals surface area contributed by atoms with Crippen LogP contribution in [0, 0.1) is 10.1 Å². The number of anilines is 3. The largest absolute Gasteiger partial charge is 0.465 e. The fourth-order valence-electron chi connectivity index (χ4n) is 3.55. The van der Waals surface area contributed by atoms with E-state index in [-0.39, 0.29) is 29.1 Å². The number of carbonyl (C=O) groups is 4. The molecular weight excluding hydrogens is 456 g/mol. The first-order valence-corrected chi connectivity index (χ1v) is 10.3. The van der Waals surface area contributed by atoms with Gasteiger partial charge in [0, 0.05) is 28.9 Å². The van der Waals surface area contributed by atoms with Crippen molar-refractivity contribution in [2.24, 2.45) is 0 Å². The molecule has 1 aliphatic heterocycles. The molecule has 0 bridgehead atoms. The van der Waals surface area contributed by atoms with Crippen LogP contribution in [0.1, 0.15) is 31.1 Å². The zero-order valence-electron chi connectivity index (χ0n) is 18.3. The number of nitrogens with zero attached hydrogens (tertiary/aromatic N) is 2. The summed E-state index contributed by atoms with van der Waals surface area (Å²) < 4.78 is 4.58. The van der Waals surface area contributed by atoms with E-state index >= 15 is 0 Å². The van der Waals surface area contributed by atoms with E-state index in [2.05, 4.69) is 15.4 Å². The minimum Gasteiger partial charge on any atom is -0.465 e. The maximum Gasteiger partial charge on any atom is 0.338 e. The summed E-state index contributed by atoms with van der Waals surface area (Å²) in [4.78, 5) is 61.4. The van der Waals surface area contributed by atoms with Gasteiger partial charge in [0.05, 0.1) is 29.0 Å². The van der Waals surface area contributed by atoms with Gasteiger partial charge in [-0.05, 0) is 42.5 Å². The molecule has 176 valence electrons. The number of hydrogen-bond acceptors (Lipinski definition) is 7. The minimum absolute atomic E-state index is 0.115. The lowest BCUT2D eigenvalue weighted by Crippen LogP contribution is -2.42. The van der Waals surface area contributed by atoms with Gasteiger partial charge < -0.3 is 15.4 Å². The molecule has 0 aromatic heterocycles. The first-order chi connectivity index (χ1) is 16.8. The number of nitro groups is 1. The number of hydrogen-bond donors (Lipinski definition) is 2. The lowest BCUT2D eigenvalue weighted by Gasteiger charge is -2.29. The molecule has 0 saturated heterocycles. The molecule has 3 amide bonds. The minimum atomic E-state index is -0.821. The van der Waals surface area contributed by atoms with Gasteiger partial charge in [0.25, 0.3) is 17.5 Å². The Labute approximate surface area is 198 Å². The average Bonchev–Trinajstić information content (AvgIpc) is 2.87. The van der Waals surface area contributed by atoms with E-state index in [1.54, 1.807) is 24.3 Å². The zero-order valence-corrected chi connectivity index (χ0v) is 18.3. The van der Waals surface area contributed by atoms with Gasteiger partial charge in [-0.3, -0.25) is 29.4 Å². The van der Waals surface area contributed by atoms with E-state index < -0.39 is 28.4 Å². The normalized spacial score (nSPS) is 12.3. The van der Waals surface area contributed by atoms with Crippen LogP contribution in [0.25, 0.3) is 0 Å². The highest BCUT2D eigenvalue weighted by atomic mass is 16.6. The summed E-state index contributed by atoms with van der Waals surface area (Å²) in [5, 5.41) is 16.5. The lowest BCUT2D eigenvalue weighted by molar-refractivity contribution is -0.384. The van der Waals surface area contributed by atoms with Crippen LogP contribution >= 0.6 is 0 Å². The second kappa shape index (κ2) is 9.43. The number of non-ortho nitro benzene ring substituents is 1. The summed E-state index contributed by atoms with van der Waals surface area (Å²) >= 11 is 0. The number of amides is 3. The monoisotopic (exact) mass is 474 g/mol. The molecule has 11 nitrogen and oxygen atoms in total. The van der Waals surface area contributed by atoms with Crippen molar-refractivity contribution in [1.82, 2.24) is 0 Å². The number of carbonyl (C=O) groups excluding carboxylic acids is 4. The quantitative estimate of drug-likeness (QED) is 0.328. The van der Waals surface area contributed by atoms with Crippen LogP contribution < -0.4 is 15.5 Å². The Kier molecular flexibility index (Phi) is 6.23. The van der Waals surface area contributed by atoms with Crippen molar-refractivity contribution >= 4 is 46.4 Å². The molecule has 0 spiro atoms. The van der Waals surface area contributed by atoms with Gasteiger partial charge in [-0.1, -0.05) is 12.1 Å². The molecular formula is C24H18N4O7. The smallest absolute Gasteiger partial charge is 0.338 e. The number of esters is 1. The highest BCUT2D eigenvalue weighted by Crippen LogP contribution is 2.30. The number of nitrogens with one attached hydrogen (secondary N) is 2. The van der Waals surface area contributed by atoms with E-state index in [9.17, 15) is 29.3 Å². The van der Waals surface area contributed by atoms with Crippen LogP contribution in [0.15, 0.2) is 66.7 Å². The van der Waals surface area contributed by atoms with Crippen molar-refractivity contribution in [3.63, 3.8) is 0 Å². The van der Waals surface area contributed by atoms with Crippen LogP contribution in [0.3, 0.4) is 0 Å². The molecule has 3 aromatic carbocycles. The van der Waals surface area contributed by atoms with Gasteiger partial charge in [-0.25, -0.2) is 4.79 Å². The molecule has 0 saturated carbocycles. The standard InChI is InChI=1S/C24H18N4O7/c1-35-24(32)16-10-15(11-18(12-16)28(33)34)22(30)25-17-8-6-14(7-9-17)23(31)27-13-21(29)26-19-4-2-3-5-20(19)27/h2-12H,13H2,1H3,(H,25,30)(H,26,29). The van der Waals surface area contributed by atoms with Gasteiger partial charge in [0.1, 0.15) is 6.54 Å². The topological polar surface area (TPSA) is 148 Å².